The molecule has 7 nitrogen and oxygen atoms in total. The van der Waals surface area contributed by atoms with E-state index in [-0.39, 0.29) is 18.1 Å². The molecule has 0 fully saturated rings. The van der Waals surface area contributed by atoms with Gasteiger partial charge in [-0.15, -0.1) is 11.3 Å². The minimum atomic E-state index is -1.08. The Balaban J connectivity index is 2.11. The Hall–Kier alpha value is -2.22. The maximum atomic E-state index is 11.5. The number of amides is 1. The highest BCUT2D eigenvalue weighted by Gasteiger charge is 2.29. The normalized spacial score (nSPS) is 14.2. The van der Waals surface area contributed by atoms with Crippen molar-refractivity contribution in [3.8, 4) is 5.13 Å². The van der Waals surface area contributed by atoms with Crippen LogP contribution in [0, 0.1) is 0 Å². The number of fused-ring (bicyclic) bond motifs is 1. The van der Waals surface area contributed by atoms with Gasteiger partial charge in [0.1, 0.15) is 0 Å². The molecule has 2 aromatic rings. The number of carbonyl (C=O) groups excluding carboxylic acids is 1. The number of aromatic nitrogens is 3. The molecule has 0 saturated carbocycles. The molecule has 1 N–H and O–H groups in total. The summed E-state index contributed by atoms with van der Waals surface area (Å²) in [5, 5.41) is 15.9. The summed E-state index contributed by atoms with van der Waals surface area (Å²) in [5.74, 6) is -1.14. The molecular weight excluding hydrogens is 280 g/mol. The van der Waals surface area contributed by atoms with Crippen LogP contribution in [0.25, 0.3) is 5.13 Å². The third-order valence-electron chi connectivity index (χ3n) is 3.31. The van der Waals surface area contributed by atoms with Crippen molar-refractivity contribution in [2.75, 3.05) is 6.54 Å². The number of nitrogens with zero attached hydrogens (tertiary/aromatic N) is 4. The van der Waals surface area contributed by atoms with E-state index in [0.29, 0.717) is 23.7 Å². The summed E-state index contributed by atoms with van der Waals surface area (Å²) in [6.07, 6.45) is 2.23. The molecule has 1 amide bonds. The molecule has 0 aromatic carbocycles. The highest BCUT2D eigenvalue weighted by Crippen LogP contribution is 2.26. The van der Waals surface area contributed by atoms with E-state index >= 15 is 0 Å². The molecule has 1 aliphatic rings. The van der Waals surface area contributed by atoms with Crippen LogP contribution in [0.4, 0.5) is 0 Å². The molecule has 0 unspecified atom stereocenters. The van der Waals surface area contributed by atoms with Gasteiger partial charge in [0.05, 0.1) is 5.69 Å². The first-order valence-corrected chi connectivity index (χ1v) is 6.95. The Kier molecular flexibility index (Phi) is 3.01. The van der Waals surface area contributed by atoms with Gasteiger partial charge in [-0.2, -0.15) is 5.10 Å². The molecule has 1 aliphatic heterocycles. The summed E-state index contributed by atoms with van der Waals surface area (Å²) in [7, 11) is 0. The zero-order chi connectivity index (χ0) is 14.3. The Bertz CT molecular complexity index is 677. The quantitative estimate of drug-likeness (QED) is 0.889. The second-order valence-electron chi connectivity index (χ2n) is 4.50. The van der Waals surface area contributed by atoms with E-state index in [1.807, 2.05) is 5.38 Å². The molecule has 3 heterocycles. The van der Waals surface area contributed by atoms with Gasteiger partial charge < -0.3 is 10.0 Å². The van der Waals surface area contributed by atoms with E-state index in [0.717, 1.165) is 5.69 Å². The largest absolute Gasteiger partial charge is 0.476 e. The van der Waals surface area contributed by atoms with Crippen molar-refractivity contribution in [2.24, 2.45) is 0 Å². The number of rotatable bonds is 2. The molecule has 20 heavy (non-hydrogen) atoms. The summed E-state index contributed by atoms with van der Waals surface area (Å²) in [6.45, 7) is 2.34. The van der Waals surface area contributed by atoms with E-state index in [2.05, 4.69) is 10.1 Å². The van der Waals surface area contributed by atoms with Crippen LogP contribution in [-0.4, -0.2) is 43.2 Å². The van der Waals surface area contributed by atoms with Gasteiger partial charge in [0.15, 0.2) is 5.69 Å². The average Bonchev–Trinajstić information content (AvgIpc) is 3.04. The van der Waals surface area contributed by atoms with Gasteiger partial charge in [-0.3, -0.25) is 4.79 Å². The number of aromatic carboxylic acids is 1. The standard InChI is InChI=1S/C12H12N4O3S/c1-7(17)15-4-2-9-8(6-15)10(11(18)19)14-16(9)12-13-3-5-20-12/h3,5H,2,4,6H2,1H3,(H,18,19). The van der Waals surface area contributed by atoms with E-state index in [1.54, 1.807) is 15.8 Å². The molecule has 0 bridgehead atoms. The predicted octanol–water partition coefficient (Wildman–Crippen LogP) is 0.932. The van der Waals surface area contributed by atoms with Crippen LogP contribution in [0.5, 0.6) is 0 Å². The maximum absolute atomic E-state index is 11.5. The van der Waals surface area contributed by atoms with Crippen LogP contribution in [0.15, 0.2) is 11.6 Å². The van der Waals surface area contributed by atoms with Gasteiger partial charge in [-0.25, -0.2) is 14.5 Å². The SMILES string of the molecule is CC(=O)N1CCc2c(c(C(=O)O)nn2-c2nccs2)C1. The van der Waals surface area contributed by atoms with Crippen LogP contribution < -0.4 is 0 Å². The van der Waals surface area contributed by atoms with Gasteiger partial charge in [0.2, 0.25) is 11.0 Å². The van der Waals surface area contributed by atoms with Gasteiger partial charge in [-0.05, 0) is 0 Å². The monoisotopic (exact) mass is 292 g/mol. The van der Waals surface area contributed by atoms with Crippen molar-refractivity contribution in [1.82, 2.24) is 19.7 Å². The Morgan fingerprint density at radius 3 is 2.85 bits per heavy atom. The van der Waals surface area contributed by atoms with Gasteiger partial charge in [0, 0.05) is 43.6 Å². The molecule has 0 radical (unpaired) electrons. The lowest BCUT2D eigenvalue weighted by Gasteiger charge is -2.26. The van der Waals surface area contributed by atoms with Crippen molar-refractivity contribution in [1.29, 1.82) is 0 Å². The first-order valence-electron chi connectivity index (χ1n) is 6.07. The lowest BCUT2D eigenvalue weighted by molar-refractivity contribution is -0.129. The average molecular weight is 292 g/mol. The van der Waals surface area contributed by atoms with Crippen LogP contribution >= 0.6 is 11.3 Å². The number of hydrogen-bond acceptors (Lipinski definition) is 5. The molecule has 0 spiro atoms. The lowest BCUT2D eigenvalue weighted by Crippen LogP contribution is -2.35. The van der Waals surface area contributed by atoms with E-state index in [4.69, 9.17) is 0 Å². The summed E-state index contributed by atoms with van der Waals surface area (Å²) in [4.78, 5) is 28.6. The second kappa shape index (κ2) is 4.71. The fourth-order valence-electron chi connectivity index (χ4n) is 2.34. The third kappa shape index (κ3) is 1.97. The van der Waals surface area contributed by atoms with Crippen LogP contribution in [0.1, 0.15) is 28.7 Å². The van der Waals surface area contributed by atoms with Crippen molar-refractivity contribution in [2.45, 2.75) is 19.9 Å². The number of carboxylic acid groups (broad SMARTS) is 1. The number of carboxylic acids is 1. The van der Waals surface area contributed by atoms with Crippen molar-refractivity contribution < 1.29 is 14.7 Å². The lowest BCUT2D eigenvalue weighted by atomic mass is 10.1. The Morgan fingerprint density at radius 1 is 1.45 bits per heavy atom. The minimum absolute atomic E-state index is 0.00106. The molecule has 0 saturated heterocycles. The fourth-order valence-corrected chi connectivity index (χ4v) is 2.95. The van der Waals surface area contributed by atoms with Crippen molar-refractivity contribution in [3.05, 3.63) is 28.5 Å². The molecule has 0 aliphatic carbocycles. The summed E-state index contributed by atoms with van der Waals surface area (Å²) < 4.78 is 1.58. The molecule has 3 rings (SSSR count). The first kappa shape index (κ1) is 12.8. The highest BCUT2D eigenvalue weighted by atomic mass is 32.1. The van der Waals surface area contributed by atoms with Gasteiger partial charge in [0.25, 0.3) is 0 Å². The van der Waals surface area contributed by atoms with E-state index < -0.39 is 5.97 Å². The number of hydrogen-bond donors (Lipinski definition) is 1. The van der Waals surface area contributed by atoms with Crippen molar-refractivity contribution >= 4 is 23.2 Å². The van der Waals surface area contributed by atoms with Gasteiger partial charge >= 0.3 is 5.97 Å². The molecular formula is C12H12N4O3S. The zero-order valence-corrected chi connectivity index (χ0v) is 11.6. The predicted molar refractivity (Wildman–Crippen MR) is 71.0 cm³/mol. The Labute approximate surface area is 118 Å². The summed E-state index contributed by atoms with van der Waals surface area (Å²) >= 11 is 1.40. The van der Waals surface area contributed by atoms with E-state index in [1.165, 1.54) is 18.3 Å². The maximum Gasteiger partial charge on any atom is 0.356 e. The van der Waals surface area contributed by atoms with Gasteiger partial charge in [-0.1, -0.05) is 0 Å². The van der Waals surface area contributed by atoms with Crippen molar-refractivity contribution in [3.63, 3.8) is 0 Å². The fraction of sp³-hybridized carbons (Fsp3) is 0.333. The Morgan fingerprint density at radius 2 is 2.25 bits per heavy atom. The molecule has 0 atom stereocenters. The van der Waals surface area contributed by atoms with Crippen LogP contribution in [0.3, 0.4) is 0 Å². The second-order valence-corrected chi connectivity index (χ2v) is 5.37. The van der Waals surface area contributed by atoms with Crippen LogP contribution in [0.2, 0.25) is 0 Å². The summed E-state index contributed by atoms with van der Waals surface area (Å²) in [6, 6.07) is 0. The first-order chi connectivity index (χ1) is 9.58. The number of thiazole rings is 1. The highest BCUT2D eigenvalue weighted by molar-refractivity contribution is 7.12. The summed E-state index contributed by atoms with van der Waals surface area (Å²) in [5.41, 5.74) is 1.44. The van der Waals surface area contributed by atoms with E-state index in [9.17, 15) is 14.7 Å². The third-order valence-corrected chi connectivity index (χ3v) is 4.05. The topological polar surface area (TPSA) is 88.3 Å². The molecule has 8 heteroatoms. The zero-order valence-electron chi connectivity index (χ0n) is 10.7. The molecule has 104 valence electrons. The minimum Gasteiger partial charge on any atom is -0.476 e. The smallest absolute Gasteiger partial charge is 0.356 e. The number of carbonyl (C=O) groups is 2. The van der Waals surface area contributed by atoms with Crippen LogP contribution in [-0.2, 0) is 17.8 Å². The molecule has 2 aromatic heterocycles.